The van der Waals surface area contributed by atoms with E-state index in [2.05, 4.69) is 9.98 Å². The number of hydrogen-bond acceptors (Lipinski definition) is 7. The molecule has 0 amide bonds. The number of aromatic nitrogens is 1. The molecule has 32 heavy (non-hydrogen) atoms. The standard InChI is InChI=1S/C22H15Cl2N3O5/c1-2-31-20-10-15(27(29)30)7-12(21(20)28)11-25-14-4-6-19-18(9-14)26-22(32-19)16-5-3-13(23)8-17(16)24/h3-11,28H,2H2,1H3/p-1. The molecule has 162 valence electrons. The Morgan fingerprint density at radius 2 is 2.00 bits per heavy atom. The van der Waals surface area contributed by atoms with Crippen molar-refractivity contribution in [2.24, 2.45) is 4.99 Å². The number of benzene rings is 3. The summed E-state index contributed by atoms with van der Waals surface area (Å²) in [5.74, 6) is -0.257. The van der Waals surface area contributed by atoms with Gasteiger partial charge in [-0.25, -0.2) is 4.98 Å². The normalized spacial score (nSPS) is 11.3. The monoisotopic (exact) mass is 470 g/mol. The maximum Gasteiger partial charge on any atom is 0.273 e. The zero-order chi connectivity index (χ0) is 22.8. The third-order valence-electron chi connectivity index (χ3n) is 4.46. The van der Waals surface area contributed by atoms with E-state index in [-0.39, 0.29) is 23.6 Å². The summed E-state index contributed by atoms with van der Waals surface area (Å²) in [6.07, 6.45) is 1.26. The molecule has 0 bridgehead atoms. The summed E-state index contributed by atoms with van der Waals surface area (Å²) in [5, 5.41) is 24.6. The maximum atomic E-state index is 12.5. The van der Waals surface area contributed by atoms with Crippen LogP contribution in [0.5, 0.6) is 11.5 Å². The molecule has 0 aliphatic rings. The summed E-state index contributed by atoms with van der Waals surface area (Å²) in [6, 6.07) is 12.3. The van der Waals surface area contributed by atoms with Crippen molar-refractivity contribution in [2.75, 3.05) is 6.61 Å². The lowest BCUT2D eigenvalue weighted by Crippen LogP contribution is -2.04. The first-order chi connectivity index (χ1) is 15.4. The zero-order valence-electron chi connectivity index (χ0n) is 16.5. The van der Waals surface area contributed by atoms with Crippen LogP contribution in [0.15, 0.2) is 57.9 Å². The first kappa shape index (κ1) is 21.6. The molecular formula is C22H14Cl2N3O5-. The Hall–Kier alpha value is -3.62. The highest BCUT2D eigenvalue weighted by molar-refractivity contribution is 6.36. The Bertz CT molecular complexity index is 1370. The number of rotatable bonds is 6. The molecule has 8 nitrogen and oxygen atoms in total. The Morgan fingerprint density at radius 3 is 2.72 bits per heavy atom. The Labute approximate surface area is 191 Å². The second-order valence-corrected chi connectivity index (χ2v) is 7.45. The van der Waals surface area contributed by atoms with Gasteiger partial charge >= 0.3 is 0 Å². The van der Waals surface area contributed by atoms with E-state index in [1.165, 1.54) is 6.21 Å². The molecule has 4 aromatic rings. The summed E-state index contributed by atoms with van der Waals surface area (Å²) in [5.41, 5.74) is 1.89. The smallest absolute Gasteiger partial charge is 0.273 e. The van der Waals surface area contributed by atoms with Gasteiger partial charge in [-0.2, -0.15) is 0 Å². The molecule has 0 aliphatic heterocycles. The number of ether oxygens (including phenoxy) is 1. The van der Waals surface area contributed by atoms with Gasteiger partial charge in [-0.15, -0.1) is 0 Å². The molecule has 0 radical (unpaired) electrons. The van der Waals surface area contributed by atoms with Crippen LogP contribution >= 0.6 is 23.2 Å². The number of nitrogens with zero attached hydrogens (tertiary/aromatic N) is 3. The van der Waals surface area contributed by atoms with E-state index < -0.39 is 10.7 Å². The minimum Gasteiger partial charge on any atom is -0.870 e. The Kier molecular flexibility index (Phi) is 5.98. The lowest BCUT2D eigenvalue weighted by atomic mass is 10.1. The molecule has 4 rings (SSSR count). The molecule has 0 N–H and O–H groups in total. The average molecular weight is 471 g/mol. The average Bonchev–Trinajstić information content (AvgIpc) is 3.17. The van der Waals surface area contributed by atoms with Gasteiger partial charge in [-0.3, -0.25) is 15.1 Å². The molecule has 0 aliphatic carbocycles. The molecule has 0 saturated carbocycles. The Balaban J connectivity index is 1.68. The number of oxazole rings is 1. The fraction of sp³-hybridized carbons (Fsp3) is 0.0909. The molecule has 0 unspecified atom stereocenters. The van der Waals surface area contributed by atoms with Crippen molar-refractivity contribution in [1.82, 2.24) is 4.98 Å². The van der Waals surface area contributed by atoms with E-state index >= 15 is 0 Å². The number of nitro benzene ring substituents is 1. The third-order valence-corrected chi connectivity index (χ3v) is 5.01. The van der Waals surface area contributed by atoms with Crippen molar-refractivity contribution in [3.8, 4) is 23.0 Å². The predicted molar refractivity (Wildman–Crippen MR) is 120 cm³/mol. The van der Waals surface area contributed by atoms with Crippen LogP contribution in [-0.4, -0.2) is 22.7 Å². The molecule has 1 aromatic heterocycles. The van der Waals surface area contributed by atoms with Crippen molar-refractivity contribution < 1.29 is 19.2 Å². The molecule has 0 atom stereocenters. The van der Waals surface area contributed by atoms with Gasteiger partial charge in [0.1, 0.15) is 11.3 Å². The molecule has 3 aromatic carbocycles. The fourth-order valence-electron chi connectivity index (χ4n) is 2.99. The highest BCUT2D eigenvalue weighted by Crippen LogP contribution is 2.34. The van der Waals surface area contributed by atoms with E-state index in [0.717, 1.165) is 12.1 Å². The number of nitro groups is 1. The highest BCUT2D eigenvalue weighted by atomic mass is 35.5. The molecule has 0 spiro atoms. The van der Waals surface area contributed by atoms with Gasteiger partial charge in [0, 0.05) is 17.3 Å². The predicted octanol–water partition coefficient (Wildman–Crippen LogP) is 5.93. The molecule has 1 heterocycles. The van der Waals surface area contributed by atoms with Gasteiger partial charge < -0.3 is 14.3 Å². The van der Waals surface area contributed by atoms with E-state index in [9.17, 15) is 15.2 Å². The second-order valence-electron chi connectivity index (χ2n) is 6.61. The topological polar surface area (TPSA) is 114 Å². The number of aliphatic imine (C=N–C) groups is 1. The molecule has 10 heteroatoms. The van der Waals surface area contributed by atoms with Crippen LogP contribution in [0.1, 0.15) is 12.5 Å². The van der Waals surface area contributed by atoms with Crippen LogP contribution in [0.25, 0.3) is 22.6 Å². The van der Waals surface area contributed by atoms with Crippen LogP contribution in [0, 0.1) is 10.1 Å². The lowest BCUT2D eigenvalue weighted by Gasteiger charge is -2.16. The van der Waals surface area contributed by atoms with Gasteiger partial charge in [-0.1, -0.05) is 29.0 Å². The minimum absolute atomic E-state index is 0.0385. The maximum absolute atomic E-state index is 12.5. The summed E-state index contributed by atoms with van der Waals surface area (Å²) in [7, 11) is 0. The quantitative estimate of drug-likeness (QED) is 0.196. The SMILES string of the molecule is CCOc1cc([N+](=O)[O-])cc(C=Nc2ccc3oc(-c4ccc(Cl)cc4Cl)nc3c2)c1[O-]. The van der Waals surface area contributed by atoms with Crippen molar-refractivity contribution >= 4 is 51.9 Å². The first-order valence-electron chi connectivity index (χ1n) is 9.38. The van der Waals surface area contributed by atoms with E-state index in [1.54, 1.807) is 43.3 Å². The number of halogens is 2. The van der Waals surface area contributed by atoms with Crippen LogP contribution in [0.4, 0.5) is 11.4 Å². The van der Waals surface area contributed by atoms with Crippen LogP contribution in [-0.2, 0) is 0 Å². The van der Waals surface area contributed by atoms with Crippen molar-refractivity contribution in [2.45, 2.75) is 6.92 Å². The van der Waals surface area contributed by atoms with Gasteiger partial charge in [0.05, 0.1) is 33.9 Å². The van der Waals surface area contributed by atoms with Crippen molar-refractivity contribution in [3.05, 3.63) is 74.3 Å². The van der Waals surface area contributed by atoms with E-state index in [4.69, 9.17) is 32.4 Å². The summed E-state index contributed by atoms with van der Waals surface area (Å²) in [4.78, 5) is 19.3. The first-order valence-corrected chi connectivity index (χ1v) is 10.1. The largest absolute Gasteiger partial charge is 0.870 e. The molecule has 0 fully saturated rings. The van der Waals surface area contributed by atoms with Crippen molar-refractivity contribution in [3.63, 3.8) is 0 Å². The van der Waals surface area contributed by atoms with Gasteiger partial charge in [0.2, 0.25) is 5.89 Å². The third kappa shape index (κ3) is 4.37. The lowest BCUT2D eigenvalue weighted by molar-refractivity contribution is -0.385. The van der Waals surface area contributed by atoms with Crippen LogP contribution in [0.2, 0.25) is 10.0 Å². The summed E-state index contributed by atoms with van der Waals surface area (Å²) < 4.78 is 11.0. The number of hydrogen-bond donors (Lipinski definition) is 0. The Morgan fingerprint density at radius 1 is 1.19 bits per heavy atom. The molecular weight excluding hydrogens is 457 g/mol. The minimum atomic E-state index is -0.593. The summed E-state index contributed by atoms with van der Waals surface area (Å²) in [6.45, 7) is 1.89. The summed E-state index contributed by atoms with van der Waals surface area (Å²) >= 11 is 12.2. The number of non-ortho nitro benzene ring substituents is 1. The van der Waals surface area contributed by atoms with E-state index in [1.807, 2.05) is 0 Å². The van der Waals surface area contributed by atoms with E-state index in [0.29, 0.717) is 38.3 Å². The van der Waals surface area contributed by atoms with Gasteiger partial charge in [0.15, 0.2) is 5.58 Å². The number of fused-ring (bicyclic) bond motifs is 1. The van der Waals surface area contributed by atoms with Crippen molar-refractivity contribution in [1.29, 1.82) is 0 Å². The molecule has 0 saturated heterocycles. The van der Waals surface area contributed by atoms with Gasteiger partial charge in [-0.05, 0) is 48.9 Å². The van der Waals surface area contributed by atoms with Crippen LogP contribution in [0.3, 0.4) is 0 Å². The second kappa shape index (κ2) is 8.86. The van der Waals surface area contributed by atoms with Gasteiger partial charge in [0.25, 0.3) is 5.69 Å². The highest BCUT2D eigenvalue weighted by Gasteiger charge is 2.14. The van der Waals surface area contributed by atoms with Crippen LogP contribution < -0.4 is 9.84 Å². The fourth-order valence-corrected chi connectivity index (χ4v) is 3.48. The zero-order valence-corrected chi connectivity index (χ0v) is 18.1.